The second kappa shape index (κ2) is 9.21. The molecule has 0 spiro atoms. The number of benzene rings is 1. The molecule has 164 valence electrons. The Morgan fingerprint density at radius 1 is 1.23 bits per heavy atom. The van der Waals surface area contributed by atoms with Crippen molar-refractivity contribution in [3.05, 3.63) is 39.6 Å². The minimum Gasteiger partial charge on any atom is -0.497 e. The number of likely N-dealkylation sites (N-methyl/N-ethyl adjacent to an activating group) is 2. The molecule has 1 N–H and O–H groups in total. The SMILES string of the molecule is COc1ccc(CC23SC(=C(C(=O)O)C(=O)OC(C)C)SC2N(C)CCN3C)cc1. The number of carbonyl (C=O) groups excluding carboxylic acids is 1. The zero-order valence-electron chi connectivity index (χ0n) is 17.9. The van der Waals surface area contributed by atoms with Gasteiger partial charge in [-0.25, -0.2) is 9.59 Å². The molecule has 0 aliphatic carbocycles. The van der Waals surface area contributed by atoms with Gasteiger partial charge in [0.2, 0.25) is 0 Å². The lowest BCUT2D eigenvalue weighted by molar-refractivity contribution is -0.146. The van der Waals surface area contributed by atoms with Crippen LogP contribution in [0.3, 0.4) is 0 Å². The van der Waals surface area contributed by atoms with Gasteiger partial charge < -0.3 is 14.6 Å². The molecule has 0 bridgehead atoms. The van der Waals surface area contributed by atoms with Crippen LogP contribution in [0.4, 0.5) is 0 Å². The number of aliphatic carboxylic acids is 1. The molecule has 0 saturated carbocycles. The summed E-state index contributed by atoms with van der Waals surface area (Å²) in [5.41, 5.74) is 0.850. The van der Waals surface area contributed by atoms with Gasteiger partial charge in [-0.15, -0.1) is 0 Å². The zero-order valence-corrected chi connectivity index (χ0v) is 19.5. The minimum absolute atomic E-state index is 0.000415. The molecule has 2 aliphatic heterocycles. The number of rotatable bonds is 6. The van der Waals surface area contributed by atoms with Crippen LogP contribution in [0, 0.1) is 0 Å². The maximum atomic E-state index is 12.6. The Bertz CT molecular complexity index is 842. The van der Waals surface area contributed by atoms with E-state index in [0.717, 1.165) is 24.4 Å². The third kappa shape index (κ3) is 4.49. The summed E-state index contributed by atoms with van der Waals surface area (Å²) in [5, 5.41) is 9.79. The van der Waals surface area contributed by atoms with Crippen LogP contribution in [-0.2, 0) is 20.7 Å². The summed E-state index contributed by atoms with van der Waals surface area (Å²) >= 11 is 2.91. The third-order valence-corrected chi connectivity index (χ3v) is 8.79. The number of methoxy groups -OCH3 is 1. The van der Waals surface area contributed by atoms with E-state index in [1.807, 2.05) is 31.3 Å². The van der Waals surface area contributed by atoms with Crippen LogP contribution in [0.5, 0.6) is 5.75 Å². The van der Waals surface area contributed by atoms with Crippen LogP contribution in [0.25, 0.3) is 0 Å². The predicted octanol–water partition coefficient (Wildman–Crippen LogP) is 2.87. The first-order valence-electron chi connectivity index (χ1n) is 9.76. The number of hydrogen-bond donors (Lipinski definition) is 1. The minimum atomic E-state index is -1.25. The molecular formula is C21H28N2O5S2. The fourth-order valence-electron chi connectivity index (χ4n) is 3.68. The molecule has 2 saturated heterocycles. The number of fused-ring (bicyclic) bond motifs is 1. The highest BCUT2D eigenvalue weighted by molar-refractivity contribution is 8.26. The molecule has 0 amide bonds. The van der Waals surface area contributed by atoms with Gasteiger partial charge in [0.05, 0.1) is 22.8 Å². The number of esters is 1. The van der Waals surface area contributed by atoms with Crippen molar-refractivity contribution in [1.82, 2.24) is 9.80 Å². The summed E-state index contributed by atoms with van der Waals surface area (Å²) in [6.07, 6.45) is 0.320. The Hall–Kier alpha value is -1.68. The number of hydrogen-bond acceptors (Lipinski definition) is 8. The Morgan fingerprint density at radius 2 is 1.90 bits per heavy atom. The van der Waals surface area contributed by atoms with Crippen molar-refractivity contribution >= 4 is 35.5 Å². The molecule has 2 fully saturated rings. The molecule has 7 nitrogen and oxygen atoms in total. The molecule has 2 aliphatic rings. The van der Waals surface area contributed by atoms with E-state index < -0.39 is 16.8 Å². The lowest BCUT2D eigenvalue weighted by Crippen LogP contribution is -2.62. The molecule has 3 rings (SSSR count). The van der Waals surface area contributed by atoms with Crippen LogP contribution in [0.2, 0.25) is 0 Å². The Kier molecular flexibility index (Phi) is 7.06. The molecule has 0 aromatic heterocycles. The van der Waals surface area contributed by atoms with E-state index in [9.17, 15) is 14.7 Å². The number of carbonyl (C=O) groups is 2. The van der Waals surface area contributed by atoms with Crippen LogP contribution < -0.4 is 4.74 Å². The fraction of sp³-hybridized carbons (Fsp3) is 0.524. The van der Waals surface area contributed by atoms with Crippen molar-refractivity contribution in [3.63, 3.8) is 0 Å². The summed E-state index contributed by atoms with van der Waals surface area (Å²) in [6, 6.07) is 7.93. The highest BCUT2D eigenvalue weighted by Gasteiger charge is 2.55. The van der Waals surface area contributed by atoms with E-state index in [-0.39, 0.29) is 17.1 Å². The van der Waals surface area contributed by atoms with Gasteiger partial charge in [-0.1, -0.05) is 35.7 Å². The second-order valence-corrected chi connectivity index (χ2v) is 10.4. The molecule has 2 unspecified atom stereocenters. The van der Waals surface area contributed by atoms with Crippen molar-refractivity contribution in [2.45, 2.75) is 36.6 Å². The smallest absolute Gasteiger partial charge is 0.347 e. The predicted molar refractivity (Wildman–Crippen MR) is 120 cm³/mol. The van der Waals surface area contributed by atoms with Crippen molar-refractivity contribution < 1.29 is 24.2 Å². The van der Waals surface area contributed by atoms with E-state index in [2.05, 4.69) is 16.8 Å². The largest absolute Gasteiger partial charge is 0.497 e. The van der Waals surface area contributed by atoms with Gasteiger partial charge >= 0.3 is 11.9 Å². The van der Waals surface area contributed by atoms with Gasteiger partial charge in [-0.2, -0.15) is 0 Å². The number of thioether (sulfide) groups is 2. The summed E-state index contributed by atoms with van der Waals surface area (Å²) in [4.78, 5) is 28.7. The quantitative estimate of drug-likeness (QED) is 0.303. The second-order valence-electron chi connectivity index (χ2n) is 7.77. The first-order chi connectivity index (χ1) is 14.2. The van der Waals surface area contributed by atoms with Crippen LogP contribution in [0.1, 0.15) is 19.4 Å². The highest BCUT2D eigenvalue weighted by Crippen LogP contribution is 2.59. The molecule has 2 heterocycles. The number of carboxylic acids is 1. The average Bonchev–Trinajstić information content (AvgIpc) is 3.05. The highest BCUT2D eigenvalue weighted by atomic mass is 32.2. The van der Waals surface area contributed by atoms with E-state index in [1.165, 1.54) is 23.5 Å². The average molecular weight is 453 g/mol. The number of nitrogens with zero attached hydrogens (tertiary/aromatic N) is 2. The first kappa shape index (κ1) is 23.0. The van der Waals surface area contributed by atoms with Gasteiger partial charge in [0.25, 0.3) is 0 Å². The molecule has 9 heteroatoms. The lowest BCUT2D eigenvalue weighted by Gasteiger charge is -2.49. The van der Waals surface area contributed by atoms with E-state index in [4.69, 9.17) is 9.47 Å². The van der Waals surface area contributed by atoms with Gasteiger partial charge in [0, 0.05) is 19.5 Å². The molecule has 1 aromatic rings. The maximum absolute atomic E-state index is 12.6. The van der Waals surface area contributed by atoms with E-state index in [1.54, 1.807) is 21.0 Å². The number of piperazine rings is 1. The van der Waals surface area contributed by atoms with Crippen LogP contribution >= 0.6 is 23.5 Å². The van der Waals surface area contributed by atoms with Crippen molar-refractivity contribution in [2.75, 3.05) is 34.3 Å². The summed E-state index contributed by atoms with van der Waals surface area (Å²) in [7, 11) is 5.74. The monoisotopic (exact) mass is 452 g/mol. The van der Waals surface area contributed by atoms with Gasteiger partial charge in [0.1, 0.15) is 10.6 Å². The van der Waals surface area contributed by atoms with Crippen molar-refractivity contribution in [1.29, 1.82) is 0 Å². The van der Waals surface area contributed by atoms with Crippen LogP contribution in [0.15, 0.2) is 34.1 Å². The normalized spacial score (nSPS) is 26.4. The van der Waals surface area contributed by atoms with E-state index >= 15 is 0 Å². The number of ether oxygens (including phenoxy) is 2. The zero-order chi connectivity index (χ0) is 22.1. The maximum Gasteiger partial charge on any atom is 0.347 e. The molecular weight excluding hydrogens is 424 g/mol. The molecule has 2 atom stereocenters. The number of carboxylic acid groups (broad SMARTS) is 1. The lowest BCUT2D eigenvalue weighted by atomic mass is 10.0. The summed E-state index contributed by atoms with van der Waals surface area (Å²) in [6.45, 7) is 5.14. The molecule has 30 heavy (non-hydrogen) atoms. The van der Waals surface area contributed by atoms with Crippen molar-refractivity contribution in [3.8, 4) is 5.75 Å². The molecule has 0 radical (unpaired) electrons. The third-order valence-electron chi connectivity index (χ3n) is 5.29. The van der Waals surface area contributed by atoms with Gasteiger partial charge in [-0.05, 0) is 45.6 Å². The van der Waals surface area contributed by atoms with Crippen LogP contribution in [-0.4, -0.2) is 77.5 Å². The molecule has 1 aromatic carbocycles. The first-order valence-corrected chi connectivity index (χ1v) is 11.5. The summed E-state index contributed by atoms with van der Waals surface area (Å²) < 4.78 is 11.0. The van der Waals surface area contributed by atoms with E-state index in [0.29, 0.717) is 10.7 Å². The standard InChI is InChI=1S/C21H28N2O5S2/c1-13(2)28-18(26)16(17(24)25)19-29-20-21(30-19,23(4)11-10-22(20)3)12-14-6-8-15(27-5)9-7-14/h6-9,13,20H,10-12H2,1-5H3,(H,24,25). The van der Waals surface area contributed by atoms with Gasteiger partial charge in [0.15, 0.2) is 5.57 Å². The Labute approximate surface area is 185 Å². The topological polar surface area (TPSA) is 79.3 Å². The van der Waals surface area contributed by atoms with Gasteiger partial charge in [-0.3, -0.25) is 9.80 Å². The Morgan fingerprint density at radius 3 is 2.47 bits per heavy atom. The summed E-state index contributed by atoms with van der Waals surface area (Å²) in [5.74, 6) is -1.24. The fourth-order valence-corrected chi connectivity index (χ4v) is 7.45. The Balaban J connectivity index is 2.01. The van der Waals surface area contributed by atoms with Crippen molar-refractivity contribution in [2.24, 2.45) is 0 Å².